The predicted octanol–water partition coefficient (Wildman–Crippen LogP) is 7.00. The van der Waals surface area contributed by atoms with Gasteiger partial charge in [0.1, 0.15) is 22.8 Å². The fraction of sp³-hybridized carbons (Fsp3) is 0.321. The molecule has 4 nitrogen and oxygen atoms in total. The molecule has 0 unspecified atom stereocenters. The molecule has 0 bridgehead atoms. The number of carbonyl (C=O) groups is 1. The second-order valence-electron chi connectivity index (χ2n) is 8.48. The second-order valence-corrected chi connectivity index (χ2v) is 8.48. The summed E-state index contributed by atoms with van der Waals surface area (Å²) in [5, 5.41) is 31.1. The van der Waals surface area contributed by atoms with Gasteiger partial charge in [-0.05, 0) is 59.8 Å². The lowest BCUT2D eigenvalue weighted by molar-refractivity contribution is 0.103. The van der Waals surface area contributed by atoms with Gasteiger partial charge in [0.15, 0.2) is 0 Å². The number of ketones is 1. The molecule has 3 N–H and O–H groups in total. The molecule has 0 saturated carbocycles. The van der Waals surface area contributed by atoms with Gasteiger partial charge >= 0.3 is 0 Å². The summed E-state index contributed by atoms with van der Waals surface area (Å²) >= 11 is 0. The summed E-state index contributed by atoms with van der Waals surface area (Å²) in [6.07, 6.45) is 10.6. The first-order valence-electron chi connectivity index (χ1n) is 11.0. The Kier molecular flexibility index (Phi) is 9.33. The molecule has 32 heavy (non-hydrogen) atoms. The average molecular weight is 435 g/mol. The molecule has 0 aromatic heterocycles. The molecule has 0 amide bonds. The Morgan fingerprint density at radius 1 is 0.812 bits per heavy atom. The lowest BCUT2D eigenvalue weighted by atomic mass is 9.96. The van der Waals surface area contributed by atoms with Crippen LogP contribution in [0.1, 0.15) is 74.9 Å². The van der Waals surface area contributed by atoms with Crippen LogP contribution in [-0.4, -0.2) is 21.1 Å². The fourth-order valence-corrected chi connectivity index (χ4v) is 3.46. The zero-order valence-corrected chi connectivity index (χ0v) is 19.5. The van der Waals surface area contributed by atoms with Crippen molar-refractivity contribution in [2.24, 2.45) is 0 Å². The maximum atomic E-state index is 12.8. The maximum Gasteiger partial charge on any atom is 0.200 e. The van der Waals surface area contributed by atoms with Crippen molar-refractivity contribution < 1.29 is 20.1 Å². The van der Waals surface area contributed by atoms with E-state index in [9.17, 15) is 20.1 Å². The summed E-state index contributed by atoms with van der Waals surface area (Å²) in [4.78, 5) is 12.8. The van der Waals surface area contributed by atoms with Gasteiger partial charge in [-0.25, -0.2) is 0 Å². The van der Waals surface area contributed by atoms with E-state index in [0.717, 1.165) is 37.3 Å². The largest absolute Gasteiger partial charge is 0.507 e. The average Bonchev–Trinajstić information content (AvgIpc) is 2.73. The first-order valence-corrected chi connectivity index (χ1v) is 11.0. The number of carbonyl (C=O) groups excluding carboxylic acids is 1. The molecular weight excluding hydrogens is 400 g/mol. The first kappa shape index (κ1) is 25.0. The predicted molar refractivity (Wildman–Crippen MR) is 130 cm³/mol. The quantitative estimate of drug-likeness (QED) is 0.278. The summed E-state index contributed by atoms with van der Waals surface area (Å²) < 4.78 is 0. The molecule has 2 aromatic carbocycles. The van der Waals surface area contributed by atoms with Crippen molar-refractivity contribution in [2.45, 2.75) is 59.8 Å². The highest BCUT2D eigenvalue weighted by Gasteiger charge is 2.23. The number of rotatable bonds is 10. The molecule has 4 heteroatoms. The van der Waals surface area contributed by atoms with Crippen molar-refractivity contribution in [1.82, 2.24) is 0 Å². The van der Waals surface area contributed by atoms with Gasteiger partial charge in [0.2, 0.25) is 5.78 Å². The molecule has 2 aromatic rings. The molecule has 0 heterocycles. The van der Waals surface area contributed by atoms with Crippen LogP contribution in [0, 0.1) is 0 Å². The smallest absolute Gasteiger partial charge is 0.200 e. The van der Waals surface area contributed by atoms with Crippen LogP contribution in [0.4, 0.5) is 0 Å². The van der Waals surface area contributed by atoms with Crippen molar-refractivity contribution in [3.63, 3.8) is 0 Å². The highest BCUT2D eigenvalue weighted by molar-refractivity contribution is 6.12. The van der Waals surface area contributed by atoms with Gasteiger partial charge in [-0.2, -0.15) is 0 Å². The second kappa shape index (κ2) is 11.9. The van der Waals surface area contributed by atoms with E-state index in [1.165, 1.54) is 11.1 Å². The third-order valence-corrected chi connectivity index (χ3v) is 5.40. The van der Waals surface area contributed by atoms with Crippen LogP contribution in [0.15, 0.2) is 71.3 Å². The van der Waals surface area contributed by atoms with Crippen molar-refractivity contribution in [3.05, 3.63) is 88.0 Å². The van der Waals surface area contributed by atoms with E-state index in [0.29, 0.717) is 5.56 Å². The summed E-state index contributed by atoms with van der Waals surface area (Å²) in [5.41, 5.74) is 4.23. The number of allylic oxidation sites excluding steroid dienone is 6. The highest BCUT2D eigenvalue weighted by atomic mass is 16.3. The third kappa shape index (κ3) is 7.16. The molecule has 0 aliphatic heterocycles. The topological polar surface area (TPSA) is 77.8 Å². The van der Waals surface area contributed by atoms with Gasteiger partial charge in [-0.1, -0.05) is 65.3 Å². The molecular formula is C28H34O4. The molecule has 0 fully saturated rings. The summed E-state index contributed by atoms with van der Waals surface area (Å²) in [7, 11) is 0. The summed E-state index contributed by atoms with van der Waals surface area (Å²) in [5.74, 6) is -1.54. The maximum absolute atomic E-state index is 12.8. The van der Waals surface area contributed by atoms with Crippen LogP contribution in [0.2, 0.25) is 0 Å². The third-order valence-electron chi connectivity index (χ3n) is 5.40. The van der Waals surface area contributed by atoms with Crippen LogP contribution in [0.25, 0.3) is 0 Å². The minimum absolute atomic E-state index is 0.190. The SMILES string of the molecule is CC(C)=CCCC(C)=CCCC(C)=CCc1c(O)cc(O)c(C(=O)c2ccccc2)c1O. The minimum atomic E-state index is -0.490. The lowest BCUT2D eigenvalue weighted by Gasteiger charge is -2.12. The number of hydrogen-bond acceptors (Lipinski definition) is 4. The number of phenols is 3. The van der Waals surface area contributed by atoms with E-state index in [-0.39, 0.29) is 29.0 Å². The molecule has 0 spiro atoms. The number of benzene rings is 2. The normalized spacial score (nSPS) is 12.0. The zero-order valence-electron chi connectivity index (χ0n) is 19.5. The van der Waals surface area contributed by atoms with E-state index in [2.05, 4.69) is 32.9 Å². The van der Waals surface area contributed by atoms with Gasteiger partial charge in [-0.15, -0.1) is 0 Å². The van der Waals surface area contributed by atoms with Gasteiger partial charge < -0.3 is 15.3 Å². The standard InChI is InChI=1S/C28H34O4/c1-19(2)10-8-11-20(3)12-9-13-21(4)16-17-23-24(29)18-25(30)26(28(23)32)27(31)22-14-6-5-7-15-22/h5-7,10,12,14-16,18,29-30,32H,8-9,11,13,17H2,1-4H3. The Morgan fingerprint density at radius 3 is 2.03 bits per heavy atom. The van der Waals surface area contributed by atoms with Gasteiger partial charge in [0.05, 0.1) is 0 Å². The van der Waals surface area contributed by atoms with Gasteiger partial charge in [0, 0.05) is 17.2 Å². The van der Waals surface area contributed by atoms with Crippen LogP contribution in [-0.2, 0) is 6.42 Å². The Morgan fingerprint density at radius 2 is 1.41 bits per heavy atom. The zero-order chi connectivity index (χ0) is 23.7. The fourth-order valence-electron chi connectivity index (χ4n) is 3.46. The molecule has 0 saturated heterocycles. The molecule has 0 atom stereocenters. The number of aromatic hydroxyl groups is 3. The van der Waals surface area contributed by atoms with Crippen LogP contribution in [0.5, 0.6) is 17.2 Å². The van der Waals surface area contributed by atoms with Crippen molar-refractivity contribution in [2.75, 3.05) is 0 Å². The molecule has 170 valence electrons. The molecule has 0 aliphatic rings. The van der Waals surface area contributed by atoms with Crippen LogP contribution < -0.4 is 0 Å². The van der Waals surface area contributed by atoms with Crippen molar-refractivity contribution in [3.8, 4) is 17.2 Å². The van der Waals surface area contributed by atoms with Crippen LogP contribution >= 0.6 is 0 Å². The van der Waals surface area contributed by atoms with E-state index < -0.39 is 11.5 Å². The van der Waals surface area contributed by atoms with Gasteiger partial charge in [0.25, 0.3) is 0 Å². The minimum Gasteiger partial charge on any atom is -0.507 e. The van der Waals surface area contributed by atoms with E-state index in [1.54, 1.807) is 30.3 Å². The first-order chi connectivity index (χ1) is 15.2. The van der Waals surface area contributed by atoms with Gasteiger partial charge in [-0.3, -0.25) is 4.79 Å². The highest BCUT2D eigenvalue weighted by Crippen LogP contribution is 2.39. The Hall–Kier alpha value is -3.27. The number of hydrogen-bond donors (Lipinski definition) is 3. The Balaban J connectivity index is 2.09. The molecule has 2 rings (SSSR count). The van der Waals surface area contributed by atoms with Crippen molar-refractivity contribution >= 4 is 5.78 Å². The number of phenolic OH excluding ortho intramolecular Hbond substituents is 3. The lowest BCUT2D eigenvalue weighted by Crippen LogP contribution is -2.04. The van der Waals surface area contributed by atoms with Crippen LogP contribution in [0.3, 0.4) is 0 Å². The van der Waals surface area contributed by atoms with E-state index in [1.807, 2.05) is 13.0 Å². The van der Waals surface area contributed by atoms with Crippen molar-refractivity contribution in [1.29, 1.82) is 0 Å². The Bertz CT molecular complexity index is 1020. The summed E-state index contributed by atoms with van der Waals surface area (Å²) in [6, 6.07) is 9.57. The monoisotopic (exact) mass is 434 g/mol. The summed E-state index contributed by atoms with van der Waals surface area (Å²) in [6.45, 7) is 8.38. The molecule has 0 aliphatic carbocycles. The Labute approximate surface area is 191 Å². The van der Waals surface area contributed by atoms with E-state index >= 15 is 0 Å². The molecule has 0 radical (unpaired) electrons. The van der Waals surface area contributed by atoms with E-state index in [4.69, 9.17) is 0 Å².